The first-order valence-corrected chi connectivity index (χ1v) is 12.0. The Balaban J connectivity index is 1.91. The maximum absolute atomic E-state index is 12.7. The molecule has 0 N–H and O–H groups in total. The molecule has 2 aliphatic rings. The summed E-state index contributed by atoms with van der Waals surface area (Å²) in [5, 5.41) is 0.274. The molecule has 1 aromatic heterocycles. The lowest BCUT2D eigenvalue weighted by atomic mass is 9.82. The smallest absolute Gasteiger partial charge is 0.449 e. The van der Waals surface area contributed by atoms with E-state index in [9.17, 15) is 9.59 Å². The highest BCUT2D eigenvalue weighted by Crippen LogP contribution is 2.37. The zero-order valence-electron chi connectivity index (χ0n) is 20.7. The number of pyridine rings is 1. The van der Waals surface area contributed by atoms with Gasteiger partial charge in [0.05, 0.1) is 29.4 Å². The molecule has 3 heterocycles. The first-order chi connectivity index (χ1) is 15.4. The van der Waals surface area contributed by atoms with E-state index in [0.717, 1.165) is 18.4 Å². The summed E-state index contributed by atoms with van der Waals surface area (Å²) in [5.41, 5.74) is 0.264. The fraction of sp³-hybridized carbons (Fsp3) is 0.696. The van der Waals surface area contributed by atoms with E-state index < -0.39 is 24.4 Å². The van der Waals surface area contributed by atoms with E-state index in [1.165, 1.54) is 6.92 Å². The molecular weight excluding hydrogens is 445 g/mol. The highest BCUT2D eigenvalue weighted by molar-refractivity contribution is 6.61. The van der Waals surface area contributed by atoms with Crippen LogP contribution in [0.5, 0.6) is 0 Å². The van der Waals surface area contributed by atoms with Crippen LogP contribution in [0.15, 0.2) is 12.1 Å². The molecule has 10 heteroatoms. The molecule has 2 amide bonds. The van der Waals surface area contributed by atoms with Crippen LogP contribution in [-0.4, -0.2) is 70.8 Å². The fourth-order valence-electron chi connectivity index (χ4n) is 4.24. The van der Waals surface area contributed by atoms with Gasteiger partial charge in [-0.25, -0.2) is 9.78 Å². The summed E-state index contributed by atoms with van der Waals surface area (Å²) in [6.07, 6.45) is 1.40. The number of halogens is 1. The Kier molecular flexibility index (Phi) is 7.66. The van der Waals surface area contributed by atoms with E-state index in [1.54, 1.807) is 15.9 Å². The molecule has 2 atom stereocenters. The number of aromatic nitrogens is 1. The number of piperazine rings is 1. The highest BCUT2D eigenvalue weighted by atomic mass is 35.5. The minimum absolute atomic E-state index is 0.0726. The Labute approximate surface area is 202 Å². The molecule has 2 fully saturated rings. The van der Waals surface area contributed by atoms with Gasteiger partial charge >= 0.3 is 13.2 Å². The predicted octanol–water partition coefficient (Wildman–Crippen LogP) is 3.56. The molecule has 2 aliphatic heterocycles. The molecule has 3 rings (SSSR count). The van der Waals surface area contributed by atoms with Crippen LogP contribution in [0.3, 0.4) is 0 Å². The topological polar surface area (TPSA) is 81.2 Å². The molecular formula is C23H35BClN3O5. The SMILES string of the molecule is CCCCOC(=O)N1C[C@@H](C)N(C(C)=O)[C@H](c2cc(Cl)nc(B3OC(C)(C)C(C)(C)O3)c2)C1. The number of carbonyl (C=O) groups is 2. The minimum atomic E-state index is -0.686. The van der Waals surface area contributed by atoms with Crippen LogP contribution < -0.4 is 5.59 Å². The quantitative estimate of drug-likeness (QED) is 0.365. The third-order valence-electron chi connectivity index (χ3n) is 6.75. The first kappa shape index (κ1) is 25.8. The second-order valence-corrected chi connectivity index (χ2v) is 10.3. The lowest BCUT2D eigenvalue weighted by Gasteiger charge is -2.45. The van der Waals surface area contributed by atoms with Gasteiger partial charge in [0.2, 0.25) is 5.91 Å². The number of rotatable bonds is 5. The van der Waals surface area contributed by atoms with Gasteiger partial charge in [0.25, 0.3) is 0 Å². The van der Waals surface area contributed by atoms with Crippen LogP contribution in [0, 0.1) is 0 Å². The van der Waals surface area contributed by atoms with E-state index in [2.05, 4.69) is 4.98 Å². The van der Waals surface area contributed by atoms with Crippen molar-refractivity contribution < 1.29 is 23.6 Å². The van der Waals surface area contributed by atoms with Crippen molar-refractivity contribution in [1.82, 2.24) is 14.8 Å². The van der Waals surface area contributed by atoms with Gasteiger partial charge in [-0.05, 0) is 58.7 Å². The van der Waals surface area contributed by atoms with Crippen molar-refractivity contribution in [1.29, 1.82) is 0 Å². The van der Waals surface area contributed by atoms with Crippen molar-refractivity contribution in [2.45, 2.75) is 84.6 Å². The standard InChI is InChI=1S/C23H35BClN3O5/c1-8-9-10-31-21(30)27-13-15(2)28(16(3)29)18(14-27)17-11-19(26-20(25)12-17)24-32-22(4,5)23(6,7)33-24/h11-12,15,18H,8-10,13-14H2,1-7H3/t15-,18+/m1/s1. The first-order valence-electron chi connectivity index (χ1n) is 11.6. The third-order valence-corrected chi connectivity index (χ3v) is 6.94. The largest absolute Gasteiger partial charge is 0.514 e. The van der Waals surface area contributed by atoms with Gasteiger partial charge in [-0.15, -0.1) is 0 Å². The summed E-state index contributed by atoms with van der Waals surface area (Å²) in [6.45, 7) is 14.5. The summed E-state index contributed by atoms with van der Waals surface area (Å²) in [6, 6.07) is 3.00. The Hall–Kier alpha value is -1.84. The van der Waals surface area contributed by atoms with Crippen LogP contribution in [0.4, 0.5) is 4.79 Å². The van der Waals surface area contributed by atoms with Gasteiger partial charge in [0, 0.05) is 26.1 Å². The molecule has 33 heavy (non-hydrogen) atoms. The van der Waals surface area contributed by atoms with Crippen molar-refractivity contribution in [2.75, 3.05) is 19.7 Å². The monoisotopic (exact) mass is 479 g/mol. The number of ether oxygens (including phenoxy) is 1. The van der Waals surface area contributed by atoms with Crippen molar-refractivity contribution in [3.05, 3.63) is 22.8 Å². The number of nitrogens with zero attached hydrogens (tertiary/aromatic N) is 3. The van der Waals surface area contributed by atoms with Gasteiger partial charge in [-0.3, -0.25) is 4.79 Å². The molecule has 0 radical (unpaired) electrons. The van der Waals surface area contributed by atoms with Gasteiger partial charge in [-0.1, -0.05) is 24.9 Å². The van der Waals surface area contributed by atoms with Crippen LogP contribution in [0.25, 0.3) is 0 Å². The van der Waals surface area contributed by atoms with E-state index in [4.69, 9.17) is 25.6 Å². The molecule has 2 saturated heterocycles. The average molecular weight is 480 g/mol. The maximum atomic E-state index is 12.7. The lowest BCUT2D eigenvalue weighted by Crippen LogP contribution is -2.56. The van der Waals surface area contributed by atoms with Crippen LogP contribution in [0.1, 0.15) is 72.9 Å². The number of unbranched alkanes of at least 4 members (excludes halogenated alkanes) is 1. The van der Waals surface area contributed by atoms with Crippen molar-refractivity contribution >= 4 is 36.3 Å². The number of carbonyl (C=O) groups excluding carboxylic acids is 2. The van der Waals surface area contributed by atoms with E-state index >= 15 is 0 Å². The third kappa shape index (κ3) is 5.47. The molecule has 0 spiro atoms. The predicted molar refractivity (Wildman–Crippen MR) is 128 cm³/mol. The van der Waals surface area contributed by atoms with Crippen LogP contribution in [0.2, 0.25) is 5.15 Å². The number of hydrogen-bond donors (Lipinski definition) is 0. The lowest BCUT2D eigenvalue weighted by molar-refractivity contribution is -0.137. The molecule has 0 aliphatic carbocycles. The van der Waals surface area contributed by atoms with Gasteiger partial charge in [0.1, 0.15) is 5.15 Å². The zero-order valence-corrected chi connectivity index (χ0v) is 21.4. The second kappa shape index (κ2) is 9.80. The van der Waals surface area contributed by atoms with E-state index in [-0.39, 0.29) is 23.2 Å². The summed E-state index contributed by atoms with van der Waals surface area (Å²) >= 11 is 6.41. The van der Waals surface area contributed by atoms with Crippen molar-refractivity contribution in [2.24, 2.45) is 0 Å². The minimum Gasteiger partial charge on any atom is -0.449 e. The Morgan fingerprint density at radius 1 is 1.21 bits per heavy atom. The summed E-state index contributed by atoms with van der Waals surface area (Å²) < 4.78 is 17.7. The van der Waals surface area contributed by atoms with Gasteiger partial charge in [0.15, 0.2) is 0 Å². The van der Waals surface area contributed by atoms with Crippen LogP contribution >= 0.6 is 11.6 Å². The summed E-state index contributed by atoms with van der Waals surface area (Å²) in [7, 11) is -0.686. The van der Waals surface area contributed by atoms with Crippen molar-refractivity contribution in [3.8, 4) is 0 Å². The Morgan fingerprint density at radius 3 is 2.42 bits per heavy atom. The van der Waals surface area contributed by atoms with Crippen molar-refractivity contribution in [3.63, 3.8) is 0 Å². The molecule has 182 valence electrons. The average Bonchev–Trinajstić information content (AvgIpc) is 2.93. The molecule has 1 aromatic rings. The molecule has 8 nitrogen and oxygen atoms in total. The molecule has 0 saturated carbocycles. The van der Waals surface area contributed by atoms with Crippen LogP contribution in [-0.2, 0) is 18.8 Å². The molecule has 0 unspecified atom stereocenters. The second-order valence-electron chi connectivity index (χ2n) is 9.90. The summed E-state index contributed by atoms with van der Waals surface area (Å²) in [4.78, 5) is 33.1. The van der Waals surface area contributed by atoms with E-state index in [0.29, 0.717) is 25.3 Å². The summed E-state index contributed by atoms with van der Waals surface area (Å²) in [5.74, 6) is -0.0726. The number of hydrogen-bond acceptors (Lipinski definition) is 6. The Morgan fingerprint density at radius 2 is 1.85 bits per heavy atom. The van der Waals surface area contributed by atoms with Gasteiger partial charge in [-0.2, -0.15) is 0 Å². The van der Waals surface area contributed by atoms with E-state index in [1.807, 2.05) is 47.6 Å². The maximum Gasteiger partial charge on any atom is 0.514 e. The van der Waals surface area contributed by atoms with Gasteiger partial charge < -0.3 is 23.8 Å². The molecule has 0 bridgehead atoms. The number of amides is 2. The zero-order chi connectivity index (χ0) is 24.6. The fourth-order valence-corrected chi connectivity index (χ4v) is 4.46. The normalized spacial score (nSPS) is 24.2. The highest BCUT2D eigenvalue weighted by Gasteiger charge is 2.52. The Bertz CT molecular complexity index is 881. The molecule has 0 aromatic carbocycles.